The third kappa shape index (κ3) is 3.56. The average molecular weight is 393 g/mol. The Morgan fingerprint density at radius 1 is 1.33 bits per heavy atom. The lowest BCUT2D eigenvalue weighted by Gasteiger charge is -2.12. The van der Waals surface area contributed by atoms with Crippen LogP contribution >= 0.6 is 12.2 Å². The van der Waals surface area contributed by atoms with Gasteiger partial charge in [0.25, 0.3) is 5.56 Å². The average Bonchev–Trinajstić information content (AvgIpc) is 2.64. The summed E-state index contributed by atoms with van der Waals surface area (Å²) in [5.41, 5.74) is 0.221. The molecule has 2 heterocycles. The highest BCUT2D eigenvalue weighted by Gasteiger charge is 2.19. The Hall–Kier alpha value is -3.14. The summed E-state index contributed by atoms with van der Waals surface area (Å²) in [7, 11) is 2.76. The molecule has 0 bridgehead atoms. The number of pyridine rings is 1. The van der Waals surface area contributed by atoms with Crippen LogP contribution in [0.15, 0.2) is 35.1 Å². The standard InChI is InChI=1S/C17H13F2N3O4S/c1-22-13-12(14(23)21-17(22)27)10(15(24)25-2)7-11(20-13)8-4-3-5-9(6-8)26-16(18)19/h3-7,16H,1-2H3,(H,21,23,27). The molecule has 0 saturated carbocycles. The second-order valence-corrected chi connectivity index (χ2v) is 5.86. The Kier molecular flexibility index (Phi) is 5.00. The van der Waals surface area contributed by atoms with E-state index in [0.29, 0.717) is 5.56 Å². The molecule has 0 saturated heterocycles. The summed E-state index contributed by atoms with van der Waals surface area (Å²) >= 11 is 5.08. The molecule has 7 nitrogen and oxygen atoms in total. The smallest absolute Gasteiger partial charge is 0.387 e. The molecule has 27 heavy (non-hydrogen) atoms. The fraction of sp³-hybridized carbons (Fsp3) is 0.176. The number of H-pyrrole nitrogens is 1. The van der Waals surface area contributed by atoms with Gasteiger partial charge in [0.1, 0.15) is 11.4 Å². The number of hydrogen-bond acceptors (Lipinski definition) is 6. The molecule has 0 aliphatic heterocycles. The summed E-state index contributed by atoms with van der Waals surface area (Å²) in [4.78, 5) is 31.4. The van der Waals surface area contributed by atoms with Crippen molar-refractivity contribution >= 4 is 29.2 Å². The Morgan fingerprint density at radius 3 is 2.74 bits per heavy atom. The minimum Gasteiger partial charge on any atom is -0.465 e. The molecule has 1 N–H and O–H groups in total. The van der Waals surface area contributed by atoms with Crippen molar-refractivity contribution in [2.24, 2.45) is 7.05 Å². The predicted octanol–water partition coefficient (Wildman–Crippen LogP) is 3.05. The monoisotopic (exact) mass is 393 g/mol. The van der Waals surface area contributed by atoms with Crippen molar-refractivity contribution in [3.8, 4) is 17.0 Å². The fourth-order valence-electron chi connectivity index (χ4n) is 2.59. The van der Waals surface area contributed by atoms with Crippen molar-refractivity contribution in [1.82, 2.24) is 14.5 Å². The molecule has 0 aliphatic rings. The molecule has 1 aromatic carbocycles. The first-order chi connectivity index (χ1) is 12.8. The van der Waals surface area contributed by atoms with Crippen LogP contribution < -0.4 is 10.3 Å². The Labute approximate surface area is 156 Å². The maximum atomic E-state index is 12.5. The van der Waals surface area contributed by atoms with Gasteiger partial charge in [0.05, 0.1) is 23.8 Å². The van der Waals surface area contributed by atoms with Crippen molar-refractivity contribution in [3.05, 3.63) is 51.0 Å². The van der Waals surface area contributed by atoms with E-state index in [1.807, 2.05) is 0 Å². The van der Waals surface area contributed by atoms with E-state index < -0.39 is 18.1 Å². The van der Waals surface area contributed by atoms with E-state index in [-0.39, 0.29) is 32.8 Å². The van der Waals surface area contributed by atoms with Gasteiger partial charge in [-0.25, -0.2) is 9.78 Å². The van der Waals surface area contributed by atoms with Crippen molar-refractivity contribution in [2.45, 2.75) is 6.61 Å². The third-order valence-corrected chi connectivity index (χ3v) is 4.21. The first-order valence-electron chi connectivity index (χ1n) is 7.59. The number of fused-ring (bicyclic) bond motifs is 1. The molecular formula is C17H13F2N3O4S. The topological polar surface area (TPSA) is 86.2 Å². The highest BCUT2D eigenvalue weighted by atomic mass is 32.1. The Balaban J connectivity index is 2.32. The van der Waals surface area contributed by atoms with Crippen LogP contribution in [0.4, 0.5) is 8.78 Å². The first kappa shape index (κ1) is 18.6. The van der Waals surface area contributed by atoms with Gasteiger partial charge in [-0.05, 0) is 30.4 Å². The third-order valence-electron chi connectivity index (χ3n) is 3.83. The van der Waals surface area contributed by atoms with E-state index in [1.165, 1.54) is 35.9 Å². The van der Waals surface area contributed by atoms with Crippen LogP contribution in [0.2, 0.25) is 0 Å². The number of halogens is 2. The number of nitrogens with zero attached hydrogens (tertiary/aromatic N) is 2. The largest absolute Gasteiger partial charge is 0.465 e. The number of alkyl halides is 2. The summed E-state index contributed by atoms with van der Waals surface area (Å²) in [5, 5.41) is 0.0154. The van der Waals surface area contributed by atoms with E-state index in [0.717, 1.165) is 0 Å². The molecule has 0 fully saturated rings. The molecule has 3 rings (SSSR count). The molecule has 0 aliphatic carbocycles. The number of rotatable bonds is 4. The van der Waals surface area contributed by atoms with Crippen LogP contribution in [0.5, 0.6) is 5.75 Å². The molecule has 0 spiro atoms. The van der Waals surface area contributed by atoms with Crippen LogP contribution in [0.3, 0.4) is 0 Å². The quantitative estimate of drug-likeness (QED) is 0.542. The normalized spacial score (nSPS) is 11.0. The van der Waals surface area contributed by atoms with E-state index in [2.05, 4.69) is 14.7 Å². The van der Waals surface area contributed by atoms with Gasteiger partial charge in [-0.1, -0.05) is 12.1 Å². The van der Waals surface area contributed by atoms with Gasteiger partial charge in [-0.15, -0.1) is 0 Å². The number of aromatic nitrogens is 3. The Bertz CT molecular complexity index is 1160. The van der Waals surface area contributed by atoms with Crippen LogP contribution in [0.25, 0.3) is 22.3 Å². The molecule has 0 amide bonds. The molecule has 3 aromatic rings. The number of hydrogen-bond donors (Lipinski definition) is 1. The number of aryl methyl sites for hydroxylation is 1. The second kappa shape index (κ2) is 7.23. The lowest BCUT2D eigenvalue weighted by Crippen LogP contribution is -2.18. The van der Waals surface area contributed by atoms with Gasteiger partial charge in [0.15, 0.2) is 4.77 Å². The molecule has 140 valence electrons. The van der Waals surface area contributed by atoms with Gasteiger partial charge in [0.2, 0.25) is 0 Å². The Morgan fingerprint density at radius 2 is 2.07 bits per heavy atom. The van der Waals surface area contributed by atoms with Crippen molar-refractivity contribution in [3.63, 3.8) is 0 Å². The zero-order chi connectivity index (χ0) is 19.7. The van der Waals surface area contributed by atoms with Gasteiger partial charge in [-0.3, -0.25) is 9.78 Å². The zero-order valence-corrected chi connectivity index (χ0v) is 15.0. The summed E-state index contributed by atoms with van der Waals surface area (Å²) in [5.74, 6) is -0.811. The minimum absolute atomic E-state index is 0.0154. The molecular weight excluding hydrogens is 380 g/mol. The molecule has 10 heteroatoms. The summed E-state index contributed by atoms with van der Waals surface area (Å²) in [6.45, 7) is -2.98. The number of esters is 1. The number of carbonyl (C=O) groups excluding carboxylic acids is 1. The van der Waals surface area contributed by atoms with E-state index >= 15 is 0 Å². The second-order valence-electron chi connectivity index (χ2n) is 5.47. The van der Waals surface area contributed by atoms with E-state index in [4.69, 9.17) is 17.0 Å². The number of aromatic amines is 1. The molecule has 2 aromatic heterocycles. The van der Waals surface area contributed by atoms with Gasteiger partial charge < -0.3 is 14.0 Å². The number of ether oxygens (including phenoxy) is 2. The van der Waals surface area contributed by atoms with Crippen molar-refractivity contribution in [1.29, 1.82) is 0 Å². The SMILES string of the molecule is COC(=O)c1cc(-c2cccc(OC(F)F)c2)nc2c1c(=O)[nH]c(=S)n2C. The van der Waals surface area contributed by atoms with Gasteiger partial charge in [0, 0.05) is 12.6 Å². The minimum atomic E-state index is -2.98. The van der Waals surface area contributed by atoms with Crippen LogP contribution in [0.1, 0.15) is 10.4 Å². The summed E-state index contributed by atoms with van der Waals surface area (Å²) in [6, 6.07) is 7.18. The van der Waals surface area contributed by atoms with Gasteiger partial charge >= 0.3 is 12.6 Å². The zero-order valence-electron chi connectivity index (χ0n) is 14.2. The van der Waals surface area contributed by atoms with Crippen molar-refractivity contribution in [2.75, 3.05) is 7.11 Å². The maximum Gasteiger partial charge on any atom is 0.387 e. The lowest BCUT2D eigenvalue weighted by atomic mass is 10.1. The van der Waals surface area contributed by atoms with Crippen LogP contribution in [0, 0.1) is 4.77 Å². The highest BCUT2D eigenvalue weighted by Crippen LogP contribution is 2.27. The number of carbonyl (C=O) groups is 1. The predicted molar refractivity (Wildman–Crippen MR) is 95.6 cm³/mol. The number of nitrogens with one attached hydrogen (secondary N) is 1. The first-order valence-corrected chi connectivity index (χ1v) is 8.00. The lowest BCUT2D eigenvalue weighted by molar-refractivity contribution is -0.0498. The van der Waals surface area contributed by atoms with Crippen molar-refractivity contribution < 1.29 is 23.0 Å². The molecule has 0 atom stereocenters. The van der Waals surface area contributed by atoms with Crippen LogP contribution in [-0.2, 0) is 11.8 Å². The fourth-order valence-corrected chi connectivity index (χ4v) is 2.77. The number of methoxy groups -OCH3 is 1. The summed E-state index contributed by atoms with van der Waals surface area (Å²) < 4.78 is 35.6. The van der Waals surface area contributed by atoms with Crippen LogP contribution in [-0.4, -0.2) is 34.2 Å². The molecule has 0 radical (unpaired) electrons. The number of benzene rings is 1. The highest BCUT2D eigenvalue weighted by molar-refractivity contribution is 7.71. The van der Waals surface area contributed by atoms with E-state index in [9.17, 15) is 18.4 Å². The van der Waals surface area contributed by atoms with Gasteiger partial charge in [-0.2, -0.15) is 8.78 Å². The molecule has 0 unspecified atom stereocenters. The summed E-state index contributed by atoms with van der Waals surface area (Å²) in [6.07, 6.45) is 0. The van der Waals surface area contributed by atoms with E-state index in [1.54, 1.807) is 13.1 Å². The maximum absolute atomic E-state index is 12.5.